The first kappa shape index (κ1) is 25.5. The smallest absolute Gasteiger partial charge is 0.319 e. The molecule has 0 bridgehead atoms. The van der Waals surface area contributed by atoms with Crippen molar-refractivity contribution in [3.63, 3.8) is 0 Å². The Balaban J connectivity index is 1.42. The second-order valence-corrected chi connectivity index (χ2v) is 12.1. The molecule has 13 heteroatoms. The van der Waals surface area contributed by atoms with Crippen LogP contribution in [-0.4, -0.2) is 79.2 Å². The second-order valence-electron chi connectivity index (χ2n) is 8.94. The summed E-state index contributed by atoms with van der Waals surface area (Å²) in [4.78, 5) is 27.7. The van der Waals surface area contributed by atoms with Crippen molar-refractivity contribution in [2.75, 3.05) is 49.7 Å². The number of anilines is 2. The predicted molar refractivity (Wildman–Crippen MR) is 140 cm³/mol. The minimum Gasteiger partial charge on any atom is -0.395 e. The van der Waals surface area contributed by atoms with Gasteiger partial charge in [-0.25, -0.2) is 28.2 Å². The summed E-state index contributed by atoms with van der Waals surface area (Å²) in [5.41, 5.74) is 2.71. The summed E-state index contributed by atoms with van der Waals surface area (Å²) in [5, 5.41) is 15.3. The first-order valence-electron chi connectivity index (χ1n) is 12.0. The number of benzene rings is 1. The second kappa shape index (κ2) is 10.7. The number of urea groups is 1. The molecule has 37 heavy (non-hydrogen) atoms. The van der Waals surface area contributed by atoms with Crippen LogP contribution in [0.1, 0.15) is 23.7 Å². The standard InChI is InChI=1S/C24H28N6O5S2/c1-15-14-36-24(26-15)37(33,34)20-12-18(20)19-13-21(30-7-10-35-11-8-30)29-22(28-19)16-2-4-17(5-3-16)27-23(32)25-6-9-31/h2-5,13-14,18,20,31H,6-12H2,1H3,(H2,25,27,32). The van der Waals surface area contributed by atoms with Gasteiger partial charge in [-0.2, -0.15) is 0 Å². The molecule has 3 N–H and O–H groups in total. The van der Waals surface area contributed by atoms with E-state index >= 15 is 0 Å². The maximum absolute atomic E-state index is 13.1. The molecular weight excluding hydrogens is 516 g/mol. The first-order chi connectivity index (χ1) is 17.8. The fourth-order valence-electron chi connectivity index (χ4n) is 4.19. The zero-order chi connectivity index (χ0) is 26.0. The number of morpholine rings is 1. The van der Waals surface area contributed by atoms with E-state index in [1.165, 1.54) is 0 Å². The van der Waals surface area contributed by atoms with Crippen LogP contribution in [0.4, 0.5) is 16.3 Å². The number of nitrogens with zero attached hydrogens (tertiary/aromatic N) is 4. The summed E-state index contributed by atoms with van der Waals surface area (Å²) < 4.78 is 31.9. The number of carbonyl (C=O) groups is 1. The molecule has 5 rings (SSSR count). The number of thiazole rings is 1. The van der Waals surface area contributed by atoms with Crippen LogP contribution in [0.15, 0.2) is 40.1 Å². The van der Waals surface area contributed by atoms with Crippen LogP contribution < -0.4 is 15.5 Å². The van der Waals surface area contributed by atoms with E-state index < -0.39 is 21.1 Å². The highest BCUT2D eigenvalue weighted by Crippen LogP contribution is 2.48. The zero-order valence-corrected chi connectivity index (χ0v) is 21.9. The van der Waals surface area contributed by atoms with E-state index in [9.17, 15) is 13.2 Å². The molecule has 3 heterocycles. The van der Waals surface area contributed by atoms with E-state index in [-0.39, 0.29) is 23.4 Å². The highest BCUT2D eigenvalue weighted by atomic mass is 32.2. The third kappa shape index (κ3) is 5.74. The number of hydrogen-bond acceptors (Lipinski definition) is 10. The summed E-state index contributed by atoms with van der Waals surface area (Å²) >= 11 is 1.16. The van der Waals surface area contributed by atoms with E-state index in [0.29, 0.717) is 55.6 Å². The topological polar surface area (TPSA) is 147 Å². The molecule has 0 spiro atoms. The maximum Gasteiger partial charge on any atom is 0.319 e. The number of sulfone groups is 1. The Morgan fingerprint density at radius 3 is 2.62 bits per heavy atom. The van der Waals surface area contributed by atoms with Crippen molar-refractivity contribution in [2.24, 2.45) is 0 Å². The normalized spacial score (nSPS) is 19.5. The van der Waals surface area contributed by atoms with E-state index in [0.717, 1.165) is 22.7 Å². The van der Waals surface area contributed by atoms with Crippen molar-refractivity contribution in [2.45, 2.75) is 28.9 Å². The van der Waals surface area contributed by atoms with Gasteiger partial charge in [0.1, 0.15) is 5.82 Å². The summed E-state index contributed by atoms with van der Waals surface area (Å²) in [6.45, 7) is 4.37. The van der Waals surface area contributed by atoms with Gasteiger partial charge in [0.15, 0.2) is 5.82 Å². The number of aryl methyl sites for hydroxylation is 1. The van der Waals surface area contributed by atoms with Crippen molar-refractivity contribution >= 4 is 38.7 Å². The lowest BCUT2D eigenvalue weighted by molar-refractivity contribution is 0.122. The highest BCUT2D eigenvalue weighted by molar-refractivity contribution is 7.94. The molecule has 2 unspecified atom stereocenters. The Bertz CT molecular complexity index is 1370. The molecule has 0 radical (unpaired) electrons. The molecule has 2 atom stereocenters. The van der Waals surface area contributed by atoms with Gasteiger partial charge in [0, 0.05) is 53.9 Å². The van der Waals surface area contributed by atoms with Gasteiger partial charge in [0.2, 0.25) is 14.2 Å². The van der Waals surface area contributed by atoms with Gasteiger partial charge in [0.25, 0.3) is 0 Å². The number of rotatable bonds is 8. The Morgan fingerprint density at radius 1 is 1.19 bits per heavy atom. The Hall–Kier alpha value is -3.13. The Morgan fingerprint density at radius 2 is 1.95 bits per heavy atom. The fraction of sp³-hybridized carbons (Fsp3) is 0.417. The van der Waals surface area contributed by atoms with Crippen LogP contribution >= 0.6 is 11.3 Å². The van der Waals surface area contributed by atoms with E-state index in [4.69, 9.17) is 19.8 Å². The lowest BCUT2D eigenvalue weighted by atomic mass is 10.1. The molecule has 1 aliphatic heterocycles. The summed E-state index contributed by atoms with van der Waals surface area (Å²) in [6.07, 6.45) is 0.492. The third-order valence-corrected chi connectivity index (χ3v) is 9.85. The Kier molecular flexibility index (Phi) is 7.38. The van der Waals surface area contributed by atoms with E-state index in [1.54, 1.807) is 24.4 Å². The monoisotopic (exact) mass is 544 g/mol. The van der Waals surface area contributed by atoms with Crippen LogP contribution in [-0.2, 0) is 14.6 Å². The molecular formula is C24H28N6O5S2. The predicted octanol–water partition coefficient (Wildman–Crippen LogP) is 2.19. The quantitative estimate of drug-likeness (QED) is 0.388. The number of amides is 2. The largest absolute Gasteiger partial charge is 0.395 e. The number of ether oxygens (including phenoxy) is 1. The number of aromatic nitrogens is 3. The number of aliphatic hydroxyl groups excluding tert-OH is 1. The molecule has 2 amide bonds. The lowest BCUT2D eigenvalue weighted by Crippen LogP contribution is -2.37. The highest BCUT2D eigenvalue weighted by Gasteiger charge is 2.51. The average molecular weight is 545 g/mol. The van der Waals surface area contributed by atoms with E-state index in [1.807, 2.05) is 18.2 Å². The Labute approximate surface area is 218 Å². The molecule has 2 fully saturated rings. The van der Waals surface area contributed by atoms with Gasteiger partial charge < -0.3 is 25.4 Å². The lowest BCUT2D eigenvalue weighted by Gasteiger charge is -2.28. The van der Waals surface area contributed by atoms with Gasteiger partial charge >= 0.3 is 6.03 Å². The minimum atomic E-state index is -3.53. The van der Waals surface area contributed by atoms with Crippen LogP contribution in [0, 0.1) is 6.92 Å². The van der Waals surface area contributed by atoms with Crippen molar-refractivity contribution in [3.8, 4) is 11.4 Å². The number of nitrogens with one attached hydrogen (secondary N) is 2. The van der Waals surface area contributed by atoms with Gasteiger partial charge in [-0.1, -0.05) is 0 Å². The molecule has 196 valence electrons. The van der Waals surface area contributed by atoms with Crippen LogP contribution in [0.25, 0.3) is 11.4 Å². The van der Waals surface area contributed by atoms with Crippen molar-refractivity contribution in [1.82, 2.24) is 20.3 Å². The molecule has 1 saturated carbocycles. The SMILES string of the molecule is Cc1csc(S(=O)(=O)C2CC2c2cc(N3CCOCC3)nc(-c3ccc(NC(=O)NCCO)cc3)n2)n1. The molecule has 1 aliphatic carbocycles. The summed E-state index contributed by atoms with van der Waals surface area (Å²) in [5.74, 6) is 0.998. The van der Waals surface area contributed by atoms with Crippen molar-refractivity contribution < 1.29 is 23.1 Å². The minimum absolute atomic E-state index is 0.141. The van der Waals surface area contributed by atoms with Crippen molar-refractivity contribution in [3.05, 3.63) is 47.1 Å². The van der Waals surface area contributed by atoms with E-state index in [2.05, 4.69) is 20.5 Å². The zero-order valence-electron chi connectivity index (χ0n) is 20.3. The van der Waals surface area contributed by atoms with Gasteiger partial charge in [-0.05, 0) is 37.6 Å². The third-order valence-electron chi connectivity index (χ3n) is 6.22. The van der Waals surface area contributed by atoms with Crippen LogP contribution in [0.5, 0.6) is 0 Å². The fourth-order valence-corrected chi connectivity index (χ4v) is 7.33. The molecule has 2 aromatic heterocycles. The van der Waals surface area contributed by atoms with Crippen molar-refractivity contribution in [1.29, 1.82) is 0 Å². The van der Waals surface area contributed by atoms with Crippen LogP contribution in [0.3, 0.4) is 0 Å². The number of aliphatic hydroxyl groups is 1. The van der Waals surface area contributed by atoms with Gasteiger partial charge in [0.05, 0.1) is 30.8 Å². The molecule has 3 aromatic rings. The number of hydrogen-bond donors (Lipinski definition) is 3. The van der Waals surface area contributed by atoms with Crippen LogP contribution in [0.2, 0.25) is 0 Å². The number of carbonyl (C=O) groups excluding carboxylic acids is 1. The molecule has 1 saturated heterocycles. The molecule has 1 aromatic carbocycles. The first-order valence-corrected chi connectivity index (χ1v) is 14.4. The molecule has 11 nitrogen and oxygen atoms in total. The maximum atomic E-state index is 13.1. The van der Waals surface area contributed by atoms with Gasteiger partial charge in [-0.15, -0.1) is 11.3 Å². The summed E-state index contributed by atoms with van der Waals surface area (Å²) in [7, 11) is -3.53. The average Bonchev–Trinajstić information content (AvgIpc) is 3.62. The molecule has 2 aliphatic rings. The summed E-state index contributed by atoms with van der Waals surface area (Å²) in [6, 6.07) is 8.59. The van der Waals surface area contributed by atoms with Gasteiger partial charge in [-0.3, -0.25) is 0 Å².